The van der Waals surface area contributed by atoms with Crippen LogP contribution in [0.3, 0.4) is 0 Å². The summed E-state index contributed by atoms with van der Waals surface area (Å²) in [5, 5.41) is 11.4. The van der Waals surface area contributed by atoms with Gasteiger partial charge in [-0.3, -0.25) is 0 Å². The maximum atomic E-state index is 11.2. The van der Waals surface area contributed by atoms with Crippen LogP contribution in [-0.4, -0.2) is 41.1 Å². The van der Waals surface area contributed by atoms with Gasteiger partial charge in [-0.25, -0.2) is 0 Å². The predicted octanol–water partition coefficient (Wildman–Crippen LogP) is 4.93. The van der Waals surface area contributed by atoms with Crippen LogP contribution < -0.4 is 4.46 Å². The number of benzene rings is 1. The van der Waals surface area contributed by atoms with Gasteiger partial charge >= 0.3 is 168 Å². The Bertz CT molecular complexity index is 608. The Balaban J connectivity index is 2.23. The molecule has 0 aromatic heterocycles. The standard InChI is InChI=1S/C22H36O2SeSi/c1-17(2)18-13-14-22(20(23)15-18,25-19-11-9-8-10-12-19)16-24-26(6,7)21(3,4)5/h8-12,18,20,23H,1,13-16H2,2-7H3/t18?,20?,22-/m1/s1. The van der Waals surface area contributed by atoms with Crippen LogP contribution in [0.1, 0.15) is 47.0 Å². The first-order valence-electron chi connectivity index (χ1n) is 9.68. The van der Waals surface area contributed by atoms with Gasteiger partial charge in [0.25, 0.3) is 0 Å². The normalized spacial score (nSPS) is 27.3. The van der Waals surface area contributed by atoms with Gasteiger partial charge in [-0.05, 0) is 0 Å². The fourth-order valence-electron chi connectivity index (χ4n) is 3.19. The van der Waals surface area contributed by atoms with Crippen molar-refractivity contribution < 1.29 is 9.53 Å². The van der Waals surface area contributed by atoms with E-state index in [2.05, 4.69) is 77.7 Å². The molecular weight excluding hydrogens is 403 g/mol. The third kappa shape index (κ3) is 5.11. The number of aliphatic hydroxyl groups is 1. The zero-order valence-electron chi connectivity index (χ0n) is 17.3. The summed E-state index contributed by atoms with van der Waals surface area (Å²) in [5.74, 6) is 0.442. The predicted molar refractivity (Wildman–Crippen MR) is 116 cm³/mol. The zero-order valence-corrected chi connectivity index (χ0v) is 20.1. The Morgan fingerprint density at radius 1 is 1.31 bits per heavy atom. The molecule has 3 atom stereocenters. The second kappa shape index (κ2) is 8.32. The van der Waals surface area contributed by atoms with Gasteiger partial charge in [0.1, 0.15) is 0 Å². The number of hydrogen-bond acceptors (Lipinski definition) is 2. The molecule has 0 aliphatic heterocycles. The Morgan fingerprint density at radius 3 is 2.42 bits per heavy atom. The second-order valence-corrected chi connectivity index (χ2v) is 17.3. The van der Waals surface area contributed by atoms with Crippen LogP contribution in [0.25, 0.3) is 0 Å². The van der Waals surface area contributed by atoms with Gasteiger partial charge in [0, 0.05) is 0 Å². The summed E-state index contributed by atoms with van der Waals surface area (Å²) in [5.41, 5.74) is 1.20. The Hall–Kier alpha value is -0.384. The molecule has 26 heavy (non-hydrogen) atoms. The van der Waals surface area contributed by atoms with E-state index in [1.807, 2.05) is 0 Å². The van der Waals surface area contributed by atoms with Crippen LogP contribution in [0.2, 0.25) is 22.4 Å². The van der Waals surface area contributed by atoms with Gasteiger partial charge < -0.3 is 0 Å². The molecule has 0 bridgehead atoms. The van der Waals surface area contributed by atoms with Crippen molar-refractivity contribution in [2.24, 2.45) is 5.92 Å². The van der Waals surface area contributed by atoms with E-state index < -0.39 is 8.32 Å². The van der Waals surface area contributed by atoms with E-state index in [-0.39, 0.29) is 30.4 Å². The van der Waals surface area contributed by atoms with Gasteiger partial charge in [0.2, 0.25) is 0 Å². The van der Waals surface area contributed by atoms with E-state index in [0.29, 0.717) is 12.5 Å². The quantitative estimate of drug-likeness (QED) is 0.503. The third-order valence-electron chi connectivity index (χ3n) is 6.28. The molecule has 0 saturated heterocycles. The number of aliphatic hydroxyl groups excluding tert-OH is 1. The van der Waals surface area contributed by atoms with E-state index in [1.54, 1.807) is 0 Å². The van der Waals surface area contributed by atoms with Gasteiger partial charge in [-0.1, -0.05) is 0 Å². The van der Waals surface area contributed by atoms with E-state index in [9.17, 15) is 5.11 Å². The fraction of sp³-hybridized carbons (Fsp3) is 0.636. The van der Waals surface area contributed by atoms with Crippen molar-refractivity contribution in [1.82, 2.24) is 0 Å². The van der Waals surface area contributed by atoms with E-state index >= 15 is 0 Å². The van der Waals surface area contributed by atoms with Crippen LogP contribution in [0.15, 0.2) is 42.5 Å². The summed E-state index contributed by atoms with van der Waals surface area (Å²) >= 11 is 0.191. The molecule has 2 nitrogen and oxygen atoms in total. The maximum absolute atomic E-state index is 11.2. The molecule has 0 radical (unpaired) electrons. The molecule has 1 fully saturated rings. The molecule has 0 spiro atoms. The van der Waals surface area contributed by atoms with Gasteiger partial charge in [0.15, 0.2) is 0 Å². The summed E-state index contributed by atoms with van der Waals surface area (Å²) in [6.45, 7) is 18.4. The van der Waals surface area contributed by atoms with E-state index in [1.165, 1.54) is 10.0 Å². The Labute approximate surface area is 167 Å². The van der Waals surface area contributed by atoms with E-state index in [4.69, 9.17) is 4.43 Å². The minimum absolute atomic E-state index is 0.129. The average molecular weight is 440 g/mol. The van der Waals surface area contributed by atoms with Crippen molar-refractivity contribution in [2.45, 2.75) is 75.5 Å². The van der Waals surface area contributed by atoms with E-state index in [0.717, 1.165) is 19.3 Å². The molecule has 1 aromatic carbocycles. The van der Waals surface area contributed by atoms with Gasteiger partial charge in [-0.15, -0.1) is 0 Å². The topological polar surface area (TPSA) is 29.5 Å². The zero-order chi connectivity index (χ0) is 19.6. The first-order valence-corrected chi connectivity index (χ1v) is 14.3. The third-order valence-corrected chi connectivity index (χ3v) is 13.9. The van der Waals surface area contributed by atoms with Crippen molar-refractivity contribution in [2.75, 3.05) is 6.61 Å². The molecule has 1 N–H and O–H groups in total. The summed E-state index contributed by atoms with van der Waals surface area (Å²) in [6.07, 6.45) is 2.64. The molecule has 1 aliphatic rings. The molecule has 0 heterocycles. The SMILES string of the molecule is C=C(C)C1CC[C@](CO[Si](C)(C)C(C)(C)C)([Se]c2ccccc2)C(O)C1. The van der Waals surface area contributed by atoms with Crippen LogP contribution >= 0.6 is 0 Å². The number of rotatable bonds is 6. The van der Waals surface area contributed by atoms with Crippen molar-refractivity contribution in [3.63, 3.8) is 0 Å². The summed E-state index contributed by atoms with van der Waals surface area (Å²) < 4.78 is 7.87. The molecule has 1 aromatic rings. The Kier molecular flexibility index (Phi) is 7.01. The summed E-state index contributed by atoms with van der Waals surface area (Å²) in [7, 11) is -1.84. The summed E-state index contributed by atoms with van der Waals surface area (Å²) in [6, 6.07) is 10.7. The molecule has 1 saturated carbocycles. The molecule has 2 rings (SSSR count). The Morgan fingerprint density at radius 2 is 1.92 bits per heavy atom. The fourth-order valence-corrected chi connectivity index (χ4v) is 7.28. The first kappa shape index (κ1) is 21.9. The van der Waals surface area contributed by atoms with Crippen molar-refractivity contribution in [3.8, 4) is 0 Å². The molecular formula is C22H36O2SeSi. The number of hydrogen-bond donors (Lipinski definition) is 1. The van der Waals surface area contributed by atoms with Crippen LogP contribution in [-0.2, 0) is 4.43 Å². The molecule has 146 valence electrons. The van der Waals surface area contributed by atoms with Crippen molar-refractivity contribution in [3.05, 3.63) is 42.5 Å². The van der Waals surface area contributed by atoms with Gasteiger partial charge in [0.05, 0.1) is 0 Å². The summed E-state index contributed by atoms with van der Waals surface area (Å²) in [4.78, 5) is 0. The monoisotopic (exact) mass is 440 g/mol. The average Bonchev–Trinajstić information content (AvgIpc) is 2.55. The molecule has 0 amide bonds. The minimum atomic E-state index is -1.84. The van der Waals surface area contributed by atoms with Crippen LogP contribution in [0, 0.1) is 5.92 Å². The molecule has 1 aliphatic carbocycles. The second-order valence-electron chi connectivity index (χ2n) is 9.36. The molecule has 4 heteroatoms. The van der Waals surface area contributed by atoms with Crippen LogP contribution in [0.4, 0.5) is 0 Å². The van der Waals surface area contributed by atoms with Crippen molar-refractivity contribution >= 4 is 27.7 Å². The number of allylic oxidation sites excluding steroid dienone is 1. The first-order chi connectivity index (χ1) is 12.0. The molecule has 2 unspecified atom stereocenters. The van der Waals surface area contributed by atoms with Crippen molar-refractivity contribution in [1.29, 1.82) is 0 Å². The van der Waals surface area contributed by atoms with Gasteiger partial charge in [-0.2, -0.15) is 0 Å². The van der Waals surface area contributed by atoms with Crippen LogP contribution in [0.5, 0.6) is 0 Å².